The molecular weight excluding hydrogens is 198 g/mol. The Balaban J connectivity index is 2.18. The summed E-state index contributed by atoms with van der Waals surface area (Å²) in [6.07, 6.45) is 2.61. The number of nitrogens with two attached hydrogens (primary N) is 1. The van der Waals surface area contributed by atoms with E-state index in [0.717, 1.165) is 0 Å². The lowest BCUT2D eigenvalue weighted by molar-refractivity contribution is 0.0995. The number of aromatic nitrogens is 3. The number of nitrogens with zero attached hydrogens (tertiary/aromatic N) is 2. The van der Waals surface area contributed by atoms with Gasteiger partial charge in [0.2, 0.25) is 5.76 Å². The second-order valence-electron chi connectivity index (χ2n) is 2.92. The van der Waals surface area contributed by atoms with Gasteiger partial charge in [-0.25, -0.2) is 4.98 Å². The molecule has 0 unspecified atom stereocenters. The first-order chi connectivity index (χ1) is 7.18. The summed E-state index contributed by atoms with van der Waals surface area (Å²) in [5, 5.41) is 8.73. The number of nitrogen functional groups attached to an aromatic ring is 1. The lowest BCUT2D eigenvalue weighted by Crippen LogP contribution is -2.13. The molecule has 2 aromatic heterocycles. The summed E-state index contributed by atoms with van der Waals surface area (Å²) in [6, 6.07) is 0. The Morgan fingerprint density at radius 1 is 1.67 bits per heavy atom. The lowest BCUT2D eigenvalue weighted by Gasteiger charge is -2.00. The van der Waals surface area contributed by atoms with Gasteiger partial charge in [0.05, 0.1) is 17.6 Å². The minimum Gasteiger partial charge on any atom is -0.438 e. The van der Waals surface area contributed by atoms with Gasteiger partial charge in [0.1, 0.15) is 0 Å². The number of oxazole rings is 1. The van der Waals surface area contributed by atoms with Crippen LogP contribution in [0.3, 0.4) is 0 Å². The van der Waals surface area contributed by atoms with Gasteiger partial charge >= 0.3 is 0 Å². The number of carbonyl (C=O) groups excluding carboxylic acids is 1. The van der Waals surface area contributed by atoms with Gasteiger partial charge in [-0.1, -0.05) is 0 Å². The first kappa shape index (κ1) is 9.25. The largest absolute Gasteiger partial charge is 0.438 e. The highest BCUT2D eigenvalue weighted by Gasteiger charge is 2.15. The van der Waals surface area contributed by atoms with Crippen LogP contribution >= 0.6 is 0 Å². The fraction of sp³-hybridized carbons (Fsp3) is 0.125. The Morgan fingerprint density at radius 3 is 3.00 bits per heavy atom. The van der Waals surface area contributed by atoms with Gasteiger partial charge in [-0.3, -0.25) is 9.89 Å². The summed E-state index contributed by atoms with van der Waals surface area (Å²) < 4.78 is 4.92. The van der Waals surface area contributed by atoms with E-state index in [4.69, 9.17) is 10.2 Å². The van der Waals surface area contributed by atoms with E-state index < -0.39 is 5.91 Å². The molecule has 0 aromatic carbocycles. The molecule has 4 N–H and O–H groups in total. The molecule has 0 spiro atoms. The van der Waals surface area contributed by atoms with Crippen LogP contribution < -0.4 is 11.1 Å². The monoisotopic (exact) mass is 207 g/mol. The highest BCUT2D eigenvalue weighted by atomic mass is 16.3. The molecule has 78 valence electrons. The van der Waals surface area contributed by atoms with E-state index in [2.05, 4.69) is 20.5 Å². The van der Waals surface area contributed by atoms with Crippen LogP contribution in [0.25, 0.3) is 0 Å². The molecule has 0 atom stereocenters. The molecule has 0 aliphatic heterocycles. The van der Waals surface area contributed by atoms with Crippen LogP contribution in [0.4, 0.5) is 11.5 Å². The van der Waals surface area contributed by atoms with Crippen molar-refractivity contribution in [2.75, 3.05) is 11.1 Å². The highest BCUT2D eigenvalue weighted by Crippen LogP contribution is 2.14. The van der Waals surface area contributed by atoms with Crippen LogP contribution in [0.1, 0.15) is 16.2 Å². The third kappa shape index (κ3) is 1.66. The van der Waals surface area contributed by atoms with Crippen LogP contribution in [-0.2, 0) is 0 Å². The maximum absolute atomic E-state index is 11.6. The standard InChI is InChI=1S/C8H9N5O2/c1-4-6(15-3-10-4)8(14)12-7-5(9)2-11-13-7/h2-3H,9H2,1H3,(H2,11,12,13,14). The van der Waals surface area contributed by atoms with Crippen LogP contribution in [0, 0.1) is 6.92 Å². The molecule has 0 fully saturated rings. The molecule has 0 saturated carbocycles. The summed E-state index contributed by atoms with van der Waals surface area (Å²) in [5.41, 5.74) is 6.41. The van der Waals surface area contributed by atoms with E-state index in [1.165, 1.54) is 12.6 Å². The predicted octanol–water partition coefficient (Wildman–Crippen LogP) is 0.541. The number of aromatic amines is 1. The number of aryl methyl sites for hydroxylation is 1. The molecule has 0 aliphatic rings. The predicted molar refractivity (Wildman–Crippen MR) is 52.2 cm³/mol. The zero-order chi connectivity index (χ0) is 10.8. The van der Waals surface area contributed by atoms with Crippen molar-refractivity contribution < 1.29 is 9.21 Å². The van der Waals surface area contributed by atoms with Crippen molar-refractivity contribution in [3.63, 3.8) is 0 Å². The van der Waals surface area contributed by atoms with E-state index in [-0.39, 0.29) is 5.76 Å². The fourth-order valence-electron chi connectivity index (χ4n) is 1.09. The maximum Gasteiger partial charge on any atom is 0.294 e. The molecule has 2 rings (SSSR count). The van der Waals surface area contributed by atoms with Gasteiger partial charge < -0.3 is 15.5 Å². The normalized spacial score (nSPS) is 10.2. The molecule has 0 saturated heterocycles. The topological polar surface area (TPSA) is 110 Å². The van der Waals surface area contributed by atoms with E-state index >= 15 is 0 Å². The van der Waals surface area contributed by atoms with Gasteiger partial charge in [0.25, 0.3) is 5.91 Å². The Bertz CT molecular complexity index is 487. The van der Waals surface area contributed by atoms with Crippen molar-refractivity contribution in [1.82, 2.24) is 15.2 Å². The zero-order valence-electron chi connectivity index (χ0n) is 7.94. The summed E-state index contributed by atoms with van der Waals surface area (Å²) in [4.78, 5) is 15.4. The van der Waals surface area contributed by atoms with Gasteiger partial charge in [0, 0.05) is 0 Å². The van der Waals surface area contributed by atoms with Crippen molar-refractivity contribution >= 4 is 17.4 Å². The number of H-pyrrole nitrogens is 1. The molecule has 7 nitrogen and oxygen atoms in total. The second-order valence-corrected chi connectivity index (χ2v) is 2.92. The second kappa shape index (κ2) is 3.45. The molecule has 2 heterocycles. The Morgan fingerprint density at radius 2 is 2.47 bits per heavy atom. The zero-order valence-corrected chi connectivity index (χ0v) is 7.94. The third-order valence-corrected chi connectivity index (χ3v) is 1.86. The van der Waals surface area contributed by atoms with E-state index in [9.17, 15) is 4.79 Å². The summed E-state index contributed by atoms with van der Waals surface area (Å²) in [5.74, 6) is 0.0840. The van der Waals surface area contributed by atoms with Crippen LogP contribution in [0.2, 0.25) is 0 Å². The van der Waals surface area contributed by atoms with Gasteiger partial charge in [-0.15, -0.1) is 0 Å². The quantitative estimate of drug-likeness (QED) is 0.665. The SMILES string of the molecule is Cc1ncoc1C(=O)Nc1[nH]ncc1N. The molecule has 7 heteroatoms. The highest BCUT2D eigenvalue weighted by molar-refractivity contribution is 6.03. The number of nitrogens with one attached hydrogen (secondary N) is 2. The van der Waals surface area contributed by atoms with Crippen molar-refractivity contribution in [3.05, 3.63) is 24.0 Å². The van der Waals surface area contributed by atoms with Crippen molar-refractivity contribution in [2.24, 2.45) is 0 Å². The fourth-order valence-corrected chi connectivity index (χ4v) is 1.09. The van der Waals surface area contributed by atoms with E-state index in [0.29, 0.717) is 17.2 Å². The minimum absolute atomic E-state index is 0.156. The maximum atomic E-state index is 11.6. The number of hydrogen-bond donors (Lipinski definition) is 3. The van der Waals surface area contributed by atoms with Gasteiger partial charge in [-0.2, -0.15) is 5.10 Å². The molecule has 15 heavy (non-hydrogen) atoms. The number of rotatable bonds is 2. The van der Waals surface area contributed by atoms with Crippen molar-refractivity contribution in [2.45, 2.75) is 6.92 Å². The van der Waals surface area contributed by atoms with Gasteiger partial charge in [-0.05, 0) is 6.92 Å². The molecule has 2 aromatic rings. The van der Waals surface area contributed by atoms with E-state index in [1.807, 2.05) is 0 Å². The van der Waals surface area contributed by atoms with Gasteiger partial charge in [0.15, 0.2) is 12.2 Å². The molecule has 0 bridgehead atoms. The molecule has 0 aliphatic carbocycles. The minimum atomic E-state index is -0.416. The summed E-state index contributed by atoms with van der Waals surface area (Å²) >= 11 is 0. The Labute approximate surface area is 84.7 Å². The number of amides is 1. The Hall–Kier alpha value is -2.31. The van der Waals surface area contributed by atoms with Crippen LogP contribution in [0.5, 0.6) is 0 Å². The van der Waals surface area contributed by atoms with Crippen molar-refractivity contribution in [3.8, 4) is 0 Å². The third-order valence-electron chi connectivity index (χ3n) is 1.86. The summed E-state index contributed by atoms with van der Waals surface area (Å²) in [7, 11) is 0. The van der Waals surface area contributed by atoms with Crippen LogP contribution in [0.15, 0.2) is 17.0 Å². The molecular formula is C8H9N5O2. The average molecular weight is 207 g/mol. The first-order valence-electron chi connectivity index (χ1n) is 4.18. The number of hydrogen-bond acceptors (Lipinski definition) is 5. The van der Waals surface area contributed by atoms with Crippen molar-refractivity contribution in [1.29, 1.82) is 0 Å². The Kier molecular flexibility index (Phi) is 2.13. The molecule has 0 radical (unpaired) electrons. The molecule has 1 amide bonds. The van der Waals surface area contributed by atoms with Crippen LogP contribution in [-0.4, -0.2) is 21.1 Å². The number of carbonyl (C=O) groups is 1. The summed E-state index contributed by atoms with van der Waals surface area (Å²) in [6.45, 7) is 1.68. The number of anilines is 2. The lowest BCUT2D eigenvalue weighted by atomic mass is 10.3. The smallest absolute Gasteiger partial charge is 0.294 e. The average Bonchev–Trinajstić information content (AvgIpc) is 2.76. The van der Waals surface area contributed by atoms with E-state index in [1.54, 1.807) is 6.92 Å². The first-order valence-corrected chi connectivity index (χ1v) is 4.18.